The van der Waals surface area contributed by atoms with E-state index in [1.165, 1.54) is 0 Å². The summed E-state index contributed by atoms with van der Waals surface area (Å²) < 4.78 is 0. The number of benzene rings is 1. The summed E-state index contributed by atoms with van der Waals surface area (Å²) in [5, 5.41) is 5.21. The molecule has 0 radical (unpaired) electrons. The standard InChI is InChI=1S/C14H13N5S/c15-12-6-13(16-7-11-8-20-9-17-11)19-14(18-12)10-4-2-1-3-5-10/h1-6,8-9H,7H2,(H3,15,16,18,19). The fourth-order valence-corrected chi connectivity index (χ4v) is 2.34. The normalized spacial score (nSPS) is 10.4. The number of thiazole rings is 1. The van der Waals surface area contributed by atoms with Gasteiger partial charge in [-0.3, -0.25) is 0 Å². The van der Waals surface area contributed by atoms with Crippen LogP contribution in [-0.2, 0) is 6.54 Å². The Morgan fingerprint density at radius 2 is 2.00 bits per heavy atom. The zero-order chi connectivity index (χ0) is 13.8. The van der Waals surface area contributed by atoms with Crippen LogP contribution in [0, 0.1) is 0 Å². The van der Waals surface area contributed by atoms with Gasteiger partial charge in [-0.2, -0.15) is 0 Å². The van der Waals surface area contributed by atoms with Crippen LogP contribution in [0.2, 0.25) is 0 Å². The Balaban J connectivity index is 1.83. The number of aromatic nitrogens is 3. The van der Waals surface area contributed by atoms with Crippen molar-refractivity contribution in [2.45, 2.75) is 6.54 Å². The number of hydrogen-bond donors (Lipinski definition) is 2. The van der Waals surface area contributed by atoms with Gasteiger partial charge in [-0.25, -0.2) is 15.0 Å². The third-order valence-corrected chi connectivity index (χ3v) is 3.35. The van der Waals surface area contributed by atoms with Gasteiger partial charge in [-0.1, -0.05) is 30.3 Å². The summed E-state index contributed by atoms with van der Waals surface area (Å²) in [7, 11) is 0. The summed E-state index contributed by atoms with van der Waals surface area (Å²) in [6.07, 6.45) is 0. The van der Waals surface area contributed by atoms with E-state index in [1.807, 2.05) is 35.7 Å². The molecule has 0 spiro atoms. The van der Waals surface area contributed by atoms with Crippen molar-refractivity contribution in [1.29, 1.82) is 0 Å². The lowest BCUT2D eigenvalue weighted by Crippen LogP contribution is -2.05. The molecule has 0 unspecified atom stereocenters. The average molecular weight is 283 g/mol. The molecule has 0 saturated heterocycles. The quantitative estimate of drug-likeness (QED) is 0.770. The number of anilines is 2. The first kappa shape index (κ1) is 12.6. The molecule has 0 aliphatic carbocycles. The van der Waals surface area contributed by atoms with Gasteiger partial charge in [-0.05, 0) is 0 Å². The molecule has 0 fully saturated rings. The van der Waals surface area contributed by atoms with Crippen LogP contribution < -0.4 is 11.1 Å². The van der Waals surface area contributed by atoms with Gasteiger partial charge in [0.25, 0.3) is 0 Å². The fourth-order valence-electron chi connectivity index (χ4n) is 1.78. The van der Waals surface area contributed by atoms with Crippen molar-refractivity contribution in [2.75, 3.05) is 11.1 Å². The summed E-state index contributed by atoms with van der Waals surface area (Å²) in [6, 6.07) is 11.5. The van der Waals surface area contributed by atoms with Gasteiger partial charge in [0, 0.05) is 17.0 Å². The van der Waals surface area contributed by atoms with Gasteiger partial charge in [0.05, 0.1) is 17.7 Å². The second kappa shape index (κ2) is 5.66. The highest BCUT2D eigenvalue weighted by atomic mass is 32.1. The van der Waals surface area contributed by atoms with E-state index in [-0.39, 0.29) is 0 Å². The van der Waals surface area contributed by atoms with Crippen molar-refractivity contribution in [3.63, 3.8) is 0 Å². The second-order valence-corrected chi connectivity index (χ2v) is 4.92. The molecule has 3 aromatic rings. The van der Waals surface area contributed by atoms with E-state index >= 15 is 0 Å². The van der Waals surface area contributed by atoms with Crippen molar-refractivity contribution in [3.8, 4) is 11.4 Å². The molecule has 0 aliphatic rings. The Kier molecular flexibility index (Phi) is 3.56. The Bertz CT molecular complexity index is 682. The molecule has 20 heavy (non-hydrogen) atoms. The lowest BCUT2D eigenvalue weighted by molar-refractivity contribution is 1.04. The largest absolute Gasteiger partial charge is 0.384 e. The minimum Gasteiger partial charge on any atom is -0.384 e. The lowest BCUT2D eigenvalue weighted by Gasteiger charge is -2.07. The van der Waals surface area contributed by atoms with Crippen LogP contribution in [0.4, 0.5) is 11.6 Å². The molecule has 3 N–H and O–H groups in total. The molecular weight excluding hydrogens is 270 g/mol. The molecule has 0 bridgehead atoms. The van der Waals surface area contributed by atoms with Crippen LogP contribution in [0.3, 0.4) is 0 Å². The third-order valence-electron chi connectivity index (χ3n) is 2.71. The molecule has 5 nitrogen and oxygen atoms in total. The first-order valence-electron chi connectivity index (χ1n) is 6.12. The molecule has 1 aromatic carbocycles. The lowest BCUT2D eigenvalue weighted by atomic mass is 10.2. The van der Waals surface area contributed by atoms with Gasteiger partial charge in [0.15, 0.2) is 5.82 Å². The molecule has 2 aromatic heterocycles. The molecule has 0 saturated carbocycles. The predicted octanol–water partition coefficient (Wildman–Crippen LogP) is 2.79. The van der Waals surface area contributed by atoms with E-state index in [1.54, 1.807) is 22.9 Å². The molecule has 0 aliphatic heterocycles. The van der Waals surface area contributed by atoms with Gasteiger partial charge in [0.1, 0.15) is 11.6 Å². The molecular formula is C14H13N5S. The number of nitrogens with zero attached hydrogens (tertiary/aromatic N) is 3. The van der Waals surface area contributed by atoms with Crippen LogP contribution in [0.5, 0.6) is 0 Å². The highest BCUT2D eigenvalue weighted by Gasteiger charge is 2.05. The second-order valence-electron chi connectivity index (χ2n) is 4.20. The van der Waals surface area contributed by atoms with E-state index in [0.29, 0.717) is 24.0 Å². The van der Waals surface area contributed by atoms with E-state index in [2.05, 4.69) is 20.3 Å². The maximum atomic E-state index is 5.84. The van der Waals surface area contributed by atoms with Gasteiger partial charge < -0.3 is 11.1 Å². The molecule has 3 rings (SSSR count). The Labute approximate surface area is 120 Å². The first-order chi connectivity index (χ1) is 9.81. The molecule has 2 heterocycles. The zero-order valence-electron chi connectivity index (χ0n) is 10.7. The van der Waals surface area contributed by atoms with E-state index in [9.17, 15) is 0 Å². The van der Waals surface area contributed by atoms with Gasteiger partial charge in [-0.15, -0.1) is 11.3 Å². The first-order valence-corrected chi connectivity index (χ1v) is 7.06. The summed E-state index contributed by atoms with van der Waals surface area (Å²) in [5.74, 6) is 1.76. The highest BCUT2D eigenvalue weighted by Crippen LogP contribution is 2.19. The molecule has 0 atom stereocenters. The van der Waals surface area contributed by atoms with E-state index in [4.69, 9.17) is 5.73 Å². The van der Waals surface area contributed by atoms with Crippen molar-refractivity contribution < 1.29 is 0 Å². The van der Waals surface area contributed by atoms with Crippen LogP contribution >= 0.6 is 11.3 Å². The summed E-state index contributed by atoms with van der Waals surface area (Å²) in [6.45, 7) is 0.619. The highest BCUT2D eigenvalue weighted by molar-refractivity contribution is 7.07. The minimum atomic E-state index is 0.444. The number of rotatable bonds is 4. The number of nitrogens with one attached hydrogen (secondary N) is 1. The topological polar surface area (TPSA) is 76.7 Å². The molecule has 6 heteroatoms. The van der Waals surface area contributed by atoms with E-state index in [0.717, 1.165) is 11.3 Å². The summed E-state index contributed by atoms with van der Waals surface area (Å²) >= 11 is 1.57. The van der Waals surface area contributed by atoms with Crippen LogP contribution in [0.25, 0.3) is 11.4 Å². The maximum absolute atomic E-state index is 5.84. The van der Waals surface area contributed by atoms with Crippen LogP contribution in [-0.4, -0.2) is 15.0 Å². The SMILES string of the molecule is Nc1cc(NCc2cscn2)nc(-c2ccccc2)n1. The van der Waals surface area contributed by atoms with Crippen molar-refractivity contribution in [3.05, 3.63) is 53.0 Å². The summed E-state index contributed by atoms with van der Waals surface area (Å²) in [4.78, 5) is 13.0. The smallest absolute Gasteiger partial charge is 0.163 e. The van der Waals surface area contributed by atoms with Gasteiger partial charge >= 0.3 is 0 Å². The third kappa shape index (κ3) is 2.92. The Hall–Kier alpha value is -2.47. The zero-order valence-corrected chi connectivity index (χ0v) is 11.5. The van der Waals surface area contributed by atoms with Crippen molar-refractivity contribution in [2.24, 2.45) is 0 Å². The average Bonchev–Trinajstić information content (AvgIpc) is 2.99. The number of nitrogen functional groups attached to an aromatic ring is 1. The Morgan fingerprint density at radius 3 is 2.75 bits per heavy atom. The number of nitrogens with two attached hydrogens (primary N) is 1. The molecule has 100 valence electrons. The fraction of sp³-hybridized carbons (Fsp3) is 0.0714. The molecule has 0 amide bonds. The monoisotopic (exact) mass is 283 g/mol. The predicted molar refractivity (Wildman–Crippen MR) is 81.3 cm³/mol. The maximum Gasteiger partial charge on any atom is 0.163 e. The van der Waals surface area contributed by atoms with Gasteiger partial charge in [0.2, 0.25) is 0 Å². The van der Waals surface area contributed by atoms with Crippen molar-refractivity contribution >= 4 is 23.0 Å². The number of hydrogen-bond acceptors (Lipinski definition) is 6. The van der Waals surface area contributed by atoms with Crippen LogP contribution in [0.15, 0.2) is 47.3 Å². The van der Waals surface area contributed by atoms with Crippen LogP contribution in [0.1, 0.15) is 5.69 Å². The van der Waals surface area contributed by atoms with E-state index < -0.39 is 0 Å². The van der Waals surface area contributed by atoms with Crippen molar-refractivity contribution in [1.82, 2.24) is 15.0 Å². The Morgan fingerprint density at radius 1 is 1.15 bits per heavy atom. The summed E-state index contributed by atoms with van der Waals surface area (Å²) in [5.41, 5.74) is 9.57. The minimum absolute atomic E-state index is 0.444.